The van der Waals surface area contributed by atoms with E-state index in [0.717, 1.165) is 22.8 Å². The Morgan fingerprint density at radius 2 is 1.53 bits per heavy atom. The normalized spacial score (nSPS) is 13.9. The number of hydrogen-bond donors (Lipinski definition) is 0. The van der Waals surface area contributed by atoms with Gasteiger partial charge in [-0.05, 0) is 60.7 Å². The Labute approximate surface area is 185 Å². The predicted molar refractivity (Wildman–Crippen MR) is 121 cm³/mol. The van der Waals surface area contributed by atoms with Crippen molar-refractivity contribution in [2.75, 3.05) is 31.1 Å². The molecule has 1 aliphatic rings. The lowest BCUT2D eigenvalue weighted by atomic mass is 10.1. The second kappa shape index (κ2) is 8.63. The molecule has 5 rings (SSSR count). The molecule has 0 aliphatic carbocycles. The molecule has 0 radical (unpaired) electrons. The first-order valence-corrected chi connectivity index (χ1v) is 10.5. The van der Waals surface area contributed by atoms with Crippen molar-refractivity contribution in [1.82, 2.24) is 19.4 Å². The summed E-state index contributed by atoms with van der Waals surface area (Å²) in [4.78, 5) is 25.7. The van der Waals surface area contributed by atoms with Gasteiger partial charge in [-0.3, -0.25) is 4.79 Å². The van der Waals surface area contributed by atoms with Crippen molar-refractivity contribution in [3.63, 3.8) is 0 Å². The average molecular weight is 427 g/mol. The fourth-order valence-corrected chi connectivity index (χ4v) is 3.90. The fraction of sp³-hybridized carbons (Fsp3) is 0.160. The average Bonchev–Trinajstić information content (AvgIpc) is 3.40. The number of hydrogen-bond acceptors (Lipinski definition) is 4. The standard InChI is InChI=1S/C25H22FN5O/c26-21-7-3-19(4-8-21)23-17-24(28-18-27-23)30-13-15-31(16-14-30)25(32)20-5-9-22(10-6-20)29-11-1-2-12-29/h1-12,17-18H,13-16H2. The van der Waals surface area contributed by atoms with Gasteiger partial charge in [-0.2, -0.15) is 0 Å². The van der Waals surface area contributed by atoms with Crippen molar-refractivity contribution in [1.29, 1.82) is 0 Å². The minimum absolute atomic E-state index is 0.0402. The Kier molecular flexibility index (Phi) is 5.37. The van der Waals surface area contributed by atoms with Crippen molar-refractivity contribution in [2.24, 2.45) is 0 Å². The highest BCUT2D eigenvalue weighted by atomic mass is 19.1. The van der Waals surface area contributed by atoms with Gasteiger partial charge >= 0.3 is 0 Å². The molecule has 0 N–H and O–H groups in total. The zero-order valence-corrected chi connectivity index (χ0v) is 17.4. The number of carbonyl (C=O) groups is 1. The van der Waals surface area contributed by atoms with Crippen LogP contribution >= 0.6 is 0 Å². The lowest BCUT2D eigenvalue weighted by Gasteiger charge is -2.35. The van der Waals surface area contributed by atoms with Gasteiger partial charge in [0.2, 0.25) is 0 Å². The second-order valence-electron chi connectivity index (χ2n) is 7.68. The maximum absolute atomic E-state index is 13.2. The predicted octanol–water partition coefficient (Wildman–Crippen LogP) is 4.04. The molecule has 3 heterocycles. The molecule has 1 amide bonds. The van der Waals surface area contributed by atoms with Gasteiger partial charge in [0.1, 0.15) is 18.0 Å². The summed E-state index contributed by atoms with van der Waals surface area (Å²) in [5.41, 5.74) is 3.30. The number of rotatable bonds is 4. The number of benzene rings is 2. The van der Waals surface area contributed by atoms with Gasteiger partial charge in [0.15, 0.2) is 0 Å². The summed E-state index contributed by atoms with van der Waals surface area (Å²) in [7, 11) is 0. The Balaban J connectivity index is 1.24. The second-order valence-corrected chi connectivity index (χ2v) is 7.68. The molecule has 0 atom stereocenters. The Morgan fingerprint density at radius 3 is 2.22 bits per heavy atom. The van der Waals surface area contributed by atoms with Gasteiger partial charge in [-0.1, -0.05) is 0 Å². The van der Waals surface area contributed by atoms with Crippen LogP contribution in [0.4, 0.5) is 10.2 Å². The van der Waals surface area contributed by atoms with Crippen LogP contribution in [0.15, 0.2) is 85.5 Å². The number of amides is 1. The third kappa shape index (κ3) is 4.09. The molecule has 0 unspecified atom stereocenters. The van der Waals surface area contributed by atoms with E-state index in [1.807, 2.05) is 64.3 Å². The molecule has 1 aliphatic heterocycles. The molecule has 6 nitrogen and oxygen atoms in total. The van der Waals surface area contributed by atoms with E-state index in [-0.39, 0.29) is 11.7 Å². The van der Waals surface area contributed by atoms with E-state index in [2.05, 4.69) is 14.9 Å². The van der Waals surface area contributed by atoms with E-state index in [0.29, 0.717) is 31.7 Å². The monoisotopic (exact) mass is 427 g/mol. The molecular weight excluding hydrogens is 405 g/mol. The third-order valence-electron chi connectivity index (χ3n) is 5.70. The van der Waals surface area contributed by atoms with E-state index < -0.39 is 0 Å². The first kappa shape index (κ1) is 19.9. The van der Waals surface area contributed by atoms with Crippen molar-refractivity contribution in [3.05, 3.63) is 96.8 Å². The van der Waals surface area contributed by atoms with Crippen molar-refractivity contribution < 1.29 is 9.18 Å². The third-order valence-corrected chi connectivity index (χ3v) is 5.70. The Bertz CT molecular complexity index is 1200. The highest BCUT2D eigenvalue weighted by Crippen LogP contribution is 2.22. The van der Waals surface area contributed by atoms with Crippen LogP contribution in [0.25, 0.3) is 16.9 Å². The molecule has 32 heavy (non-hydrogen) atoms. The van der Waals surface area contributed by atoms with Gasteiger partial charge < -0.3 is 14.4 Å². The van der Waals surface area contributed by atoms with Crippen LogP contribution < -0.4 is 4.90 Å². The van der Waals surface area contributed by atoms with Crippen molar-refractivity contribution in [2.45, 2.75) is 0 Å². The lowest BCUT2D eigenvalue weighted by molar-refractivity contribution is 0.0746. The molecule has 0 saturated carbocycles. The zero-order valence-electron chi connectivity index (χ0n) is 17.4. The molecule has 2 aromatic carbocycles. The smallest absolute Gasteiger partial charge is 0.253 e. The lowest BCUT2D eigenvalue weighted by Crippen LogP contribution is -2.49. The molecule has 2 aromatic heterocycles. The summed E-state index contributed by atoms with van der Waals surface area (Å²) in [6, 6.07) is 19.8. The molecule has 1 fully saturated rings. The highest BCUT2D eigenvalue weighted by molar-refractivity contribution is 5.94. The fourth-order valence-electron chi connectivity index (χ4n) is 3.90. The van der Waals surface area contributed by atoms with Crippen LogP contribution in [0.3, 0.4) is 0 Å². The highest BCUT2D eigenvalue weighted by Gasteiger charge is 2.23. The quantitative estimate of drug-likeness (QED) is 0.493. The molecule has 4 aromatic rings. The Morgan fingerprint density at radius 1 is 0.844 bits per heavy atom. The van der Waals surface area contributed by atoms with Crippen LogP contribution in [0.1, 0.15) is 10.4 Å². The Hall–Kier alpha value is -4.00. The summed E-state index contributed by atoms with van der Waals surface area (Å²) in [6.45, 7) is 2.61. The van der Waals surface area contributed by atoms with Gasteiger partial charge in [0, 0.05) is 61.5 Å². The first-order chi connectivity index (χ1) is 15.7. The van der Waals surface area contributed by atoms with Crippen LogP contribution in [-0.2, 0) is 0 Å². The summed E-state index contributed by atoms with van der Waals surface area (Å²) in [5.74, 6) is 0.573. The maximum Gasteiger partial charge on any atom is 0.253 e. The molecule has 160 valence electrons. The van der Waals surface area contributed by atoms with E-state index in [4.69, 9.17) is 0 Å². The minimum atomic E-state index is -0.275. The number of nitrogens with zero attached hydrogens (tertiary/aromatic N) is 5. The van der Waals surface area contributed by atoms with Gasteiger partial charge in [0.05, 0.1) is 5.69 Å². The topological polar surface area (TPSA) is 54.3 Å². The molecule has 1 saturated heterocycles. The van der Waals surface area contributed by atoms with E-state index in [9.17, 15) is 9.18 Å². The minimum Gasteiger partial charge on any atom is -0.353 e. The van der Waals surface area contributed by atoms with E-state index in [1.165, 1.54) is 18.5 Å². The van der Waals surface area contributed by atoms with Crippen LogP contribution in [0.2, 0.25) is 0 Å². The summed E-state index contributed by atoms with van der Waals surface area (Å²) >= 11 is 0. The van der Waals surface area contributed by atoms with Crippen LogP contribution in [-0.4, -0.2) is 51.5 Å². The van der Waals surface area contributed by atoms with Gasteiger partial charge in [-0.15, -0.1) is 0 Å². The number of piperazine rings is 1. The molecule has 0 bridgehead atoms. The van der Waals surface area contributed by atoms with Crippen molar-refractivity contribution >= 4 is 11.7 Å². The van der Waals surface area contributed by atoms with E-state index >= 15 is 0 Å². The van der Waals surface area contributed by atoms with E-state index in [1.54, 1.807) is 12.1 Å². The number of anilines is 1. The maximum atomic E-state index is 13.2. The number of halogens is 1. The number of carbonyl (C=O) groups excluding carboxylic acids is 1. The SMILES string of the molecule is O=C(c1ccc(-n2cccc2)cc1)N1CCN(c2cc(-c3ccc(F)cc3)ncn2)CC1. The molecule has 7 heteroatoms. The largest absolute Gasteiger partial charge is 0.353 e. The summed E-state index contributed by atoms with van der Waals surface area (Å²) in [6.07, 6.45) is 5.48. The zero-order chi connectivity index (χ0) is 21.9. The summed E-state index contributed by atoms with van der Waals surface area (Å²) in [5, 5.41) is 0. The molecule has 0 spiro atoms. The van der Waals surface area contributed by atoms with Crippen molar-refractivity contribution in [3.8, 4) is 16.9 Å². The van der Waals surface area contributed by atoms with Gasteiger partial charge in [0.25, 0.3) is 5.91 Å². The van der Waals surface area contributed by atoms with Gasteiger partial charge in [-0.25, -0.2) is 14.4 Å². The molecular formula is C25H22FN5O. The van der Waals surface area contributed by atoms with Crippen LogP contribution in [0, 0.1) is 5.82 Å². The first-order valence-electron chi connectivity index (χ1n) is 10.5. The van der Waals surface area contributed by atoms with Crippen LogP contribution in [0.5, 0.6) is 0 Å². The summed E-state index contributed by atoms with van der Waals surface area (Å²) < 4.78 is 15.2. The number of aromatic nitrogens is 3.